The number of amides is 1. The molecule has 2 aromatic carbocycles. The van der Waals surface area contributed by atoms with Gasteiger partial charge in [-0.05, 0) is 65.3 Å². The first kappa shape index (κ1) is 16.8. The van der Waals surface area contributed by atoms with E-state index in [0.29, 0.717) is 6.67 Å². The Hall–Kier alpha value is -1.60. The molecule has 0 radical (unpaired) electrons. The molecule has 0 unspecified atom stereocenters. The van der Waals surface area contributed by atoms with Crippen LogP contribution in [0, 0.1) is 3.57 Å². The van der Waals surface area contributed by atoms with E-state index in [-0.39, 0.29) is 11.4 Å². The number of carbonyl (C=O) groups excluding carboxylic acids is 1. The fourth-order valence-electron chi connectivity index (χ4n) is 4.01. The topological polar surface area (TPSA) is 35.6 Å². The largest absolute Gasteiger partial charge is 0.339 e. The lowest BCUT2D eigenvalue weighted by molar-refractivity contribution is -0.125. The normalized spacial score (nSPS) is 20.0. The van der Waals surface area contributed by atoms with E-state index in [9.17, 15) is 4.79 Å². The maximum atomic E-state index is 12.7. The molecular formula is C20H22IN3O. The van der Waals surface area contributed by atoms with E-state index in [1.54, 1.807) is 0 Å². The second-order valence-electron chi connectivity index (χ2n) is 6.87. The first-order valence-corrected chi connectivity index (χ1v) is 9.83. The van der Waals surface area contributed by atoms with Crippen LogP contribution in [0.1, 0.15) is 18.4 Å². The van der Waals surface area contributed by atoms with Crippen LogP contribution in [0.2, 0.25) is 0 Å². The second-order valence-corrected chi connectivity index (χ2v) is 8.11. The molecule has 2 aliphatic heterocycles. The van der Waals surface area contributed by atoms with Crippen molar-refractivity contribution in [3.63, 3.8) is 0 Å². The highest BCUT2D eigenvalue weighted by Crippen LogP contribution is 2.36. The molecule has 5 heteroatoms. The van der Waals surface area contributed by atoms with Crippen molar-refractivity contribution in [1.29, 1.82) is 0 Å². The minimum absolute atomic E-state index is 0.185. The van der Waals surface area contributed by atoms with Crippen LogP contribution >= 0.6 is 22.6 Å². The molecule has 0 aromatic heterocycles. The van der Waals surface area contributed by atoms with E-state index in [1.807, 2.05) is 18.2 Å². The van der Waals surface area contributed by atoms with Gasteiger partial charge in [0.2, 0.25) is 5.91 Å². The van der Waals surface area contributed by atoms with Crippen LogP contribution in [-0.2, 0) is 11.3 Å². The maximum Gasteiger partial charge on any atom is 0.247 e. The average molecular weight is 447 g/mol. The summed E-state index contributed by atoms with van der Waals surface area (Å²) in [6.45, 7) is 3.46. The van der Waals surface area contributed by atoms with Crippen LogP contribution in [-0.4, -0.2) is 36.1 Å². The zero-order valence-electron chi connectivity index (χ0n) is 14.1. The van der Waals surface area contributed by atoms with Crippen LogP contribution in [0.4, 0.5) is 5.69 Å². The highest BCUT2D eigenvalue weighted by atomic mass is 127. The average Bonchev–Trinajstić information content (AvgIpc) is 2.94. The molecular weight excluding hydrogens is 425 g/mol. The molecule has 1 spiro atoms. The molecule has 4 rings (SSSR count). The first-order valence-electron chi connectivity index (χ1n) is 8.75. The molecule has 130 valence electrons. The number of halogens is 1. The molecule has 0 atom stereocenters. The third-order valence-electron chi connectivity index (χ3n) is 5.38. The van der Waals surface area contributed by atoms with Gasteiger partial charge in [0.15, 0.2) is 0 Å². The molecule has 2 saturated heterocycles. The Morgan fingerprint density at radius 3 is 2.52 bits per heavy atom. The van der Waals surface area contributed by atoms with Crippen molar-refractivity contribution < 1.29 is 4.79 Å². The predicted octanol–water partition coefficient (Wildman–Crippen LogP) is 3.22. The number of nitrogens with one attached hydrogen (secondary N) is 1. The number of para-hydroxylation sites is 1. The third kappa shape index (κ3) is 3.27. The minimum atomic E-state index is -0.386. The van der Waals surface area contributed by atoms with E-state index in [1.165, 1.54) is 9.13 Å². The van der Waals surface area contributed by atoms with Gasteiger partial charge >= 0.3 is 0 Å². The van der Waals surface area contributed by atoms with Crippen LogP contribution in [0.15, 0.2) is 54.6 Å². The number of hydrogen-bond acceptors (Lipinski definition) is 3. The number of anilines is 1. The number of piperidine rings is 1. The van der Waals surface area contributed by atoms with Gasteiger partial charge in [-0.25, -0.2) is 0 Å². The lowest BCUT2D eigenvalue weighted by Gasteiger charge is -2.43. The van der Waals surface area contributed by atoms with E-state index >= 15 is 0 Å². The van der Waals surface area contributed by atoms with Gasteiger partial charge in [0.1, 0.15) is 5.54 Å². The summed E-state index contributed by atoms with van der Waals surface area (Å²) in [4.78, 5) is 17.4. The summed E-state index contributed by atoms with van der Waals surface area (Å²) >= 11 is 2.36. The summed E-state index contributed by atoms with van der Waals surface area (Å²) in [7, 11) is 0. The van der Waals surface area contributed by atoms with E-state index in [0.717, 1.165) is 38.2 Å². The molecule has 2 heterocycles. The fraction of sp³-hybridized carbons (Fsp3) is 0.350. The molecule has 1 amide bonds. The number of hydrogen-bond donors (Lipinski definition) is 1. The van der Waals surface area contributed by atoms with Crippen molar-refractivity contribution in [3.8, 4) is 0 Å². The number of rotatable bonds is 3. The fourth-order valence-corrected chi connectivity index (χ4v) is 4.61. The molecule has 0 saturated carbocycles. The third-order valence-corrected chi connectivity index (χ3v) is 6.05. The summed E-state index contributed by atoms with van der Waals surface area (Å²) < 4.78 is 1.27. The van der Waals surface area contributed by atoms with Crippen LogP contribution in [0.3, 0.4) is 0 Å². The smallest absolute Gasteiger partial charge is 0.247 e. The summed E-state index contributed by atoms with van der Waals surface area (Å²) in [5.74, 6) is 0.185. The van der Waals surface area contributed by atoms with E-state index < -0.39 is 0 Å². The van der Waals surface area contributed by atoms with Crippen molar-refractivity contribution in [1.82, 2.24) is 10.2 Å². The molecule has 0 aliphatic carbocycles. The van der Waals surface area contributed by atoms with Gasteiger partial charge in [0.05, 0.1) is 6.67 Å². The quantitative estimate of drug-likeness (QED) is 0.735. The van der Waals surface area contributed by atoms with Crippen molar-refractivity contribution in [2.24, 2.45) is 0 Å². The highest BCUT2D eigenvalue weighted by molar-refractivity contribution is 14.1. The SMILES string of the molecule is O=C1NCN(c2ccccc2)C12CCN(Cc1cccc(I)c1)CC2. The first-order chi connectivity index (χ1) is 12.2. The highest BCUT2D eigenvalue weighted by Gasteiger charge is 2.50. The van der Waals surface area contributed by atoms with Gasteiger partial charge in [0.25, 0.3) is 0 Å². The van der Waals surface area contributed by atoms with E-state index in [4.69, 9.17) is 0 Å². The zero-order valence-corrected chi connectivity index (χ0v) is 16.3. The Morgan fingerprint density at radius 2 is 1.80 bits per heavy atom. The molecule has 0 bridgehead atoms. The van der Waals surface area contributed by atoms with Gasteiger partial charge < -0.3 is 10.2 Å². The standard InChI is InChI=1S/C20H22IN3O/c21-17-6-4-5-16(13-17)14-23-11-9-20(10-12-23)19(25)22-15-24(20)18-7-2-1-3-8-18/h1-8,13H,9-12,14-15H2,(H,22,25). The molecule has 25 heavy (non-hydrogen) atoms. The van der Waals surface area contributed by atoms with Crippen molar-refractivity contribution in [2.75, 3.05) is 24.7 Å². The summed E-state index contributed by atoms with van der Waals surface area (Å²) in [5.41, 5.74) is 2.09. The Kier molecular flexibility index (Phi) is 4.69. The van der Waals surface area contributed by atoms with Crippen LogP contribution in [0.5, 0.6) is 0 Å². The van der Waals surface area contributed by atoms with Crippen molar-refractivity contribution in [3.05, 3.63) is 63.7 Å². The second kappa shape index (κ2) is 6.96. The Morgan fingerprint density at radius 1 is 1.04 bits per heavy atom. The molecule has 4 nitrogen and oxygen atoms in total. The predicted molar refractivity (Wildman–Crippen MR) is 108 cm³/mol. The minimum Gasteiger partial charge on any atom is -0.339 e. The Labute approximate surface area is 162 Å². The van der Waals surface area contributed by atoms with Gasteiger partial charge in [-0.15, -0.1) is 0 Å². The van der Waals surface area contributed by atoms with Gasteiger partial charge in [-0.1, -0.05) is 30.3 Å². The van der Waals surface area contributed by atoms with Crippen LogP contribution < -0.4 is 10.2 Å². The number of carbonyl (C=O) groups is 1. The number of likely N-dealkylation sites (tertiary alicyclic amines) is 1. The van der Waals surface area contributed by atoms with Gasteiger partial charge in [-0.3, -0.25) is 9.69 Å². The summed E-state index contributed by atoms with van der Waals surface area (Å²) in [5, 5.41) is 3.07. The summed E-state index contributed by atoms with van der Waals surface area (Å²) in [6.07, 6.45) is 1.75. The lowest BCUT2D eigenvalue weighted by atomic mass is 9.85. The number of nitrogens with zero attached hydrogens (tertiary/aromatic N) is 2. The Bertz CT molecular complexity index is 757. The van der Waals surface area contributed by atoms with Crippen molar-refractivity contribution in [2.45, 2.75) is 24.9 Å². The lowest BCUT2D eigenvalue weighted by Crippen LogP contribution is -2.56. The van der Waals surface area contributed by atoms with Gasteiger partial charge in [-0.2, -0.15) is 0 Å². The zero-order chi connectivity index (χ0) is 17.3. The summed E-state index contributed by atoms with van der Waals surface area (Å²) in [6, 6.07) is 19.0. The molecule has 2 aliphatic rings. The monoisotopic (exact) mass is 447 g/mol. The van der Waals surface area contributed by atoms with Gasteiger partial charge in [0, 0.05) is 28.9 Å². The molecule has 2 fully saturated rings. The molecule has 2 aromatic rings. The van der Waals surface area contributed by atoms with E-state index in [2.05, 4.69) is 74.1 Å². The number of benzene rings is 2. The van der Waals surface area contributed by atoms with Crippen molar-refractivity contribution >= 4 is 34.2 Å². The molecule has 1 N–H and O–H groups in total. The maximum absolute atomic E-state index is 12.7. The Balaban J connectivity index is 1.48. The van der Waals surface area contributed by atoms with Crippen LogP contribution in [0.25, 0.3) is 0 Å².